The molecule has 1 atom stereocenters. The molecule has 0 fully saturated rings. The Morgan fingerprint density at radius 3 is 2.42 bits per heavy atom. The van der Waals surface area contributed by atoms with Gasteiger partial charge in [-0.1, -0.05) is 60.7 Å². The van der Waals surface area contributed by atoms with E-state index in [1.54, 1.807) is 13.0 Å². The molecule has 1 aliphatic heterocycles. The number of hydrogen-bond donors (Lipinski definition) is 2. The minimum atomic E-state index is -0.574. The Morgan fingerprint density at radius 1 is 1.03 bits per heavy atom. The van der Waals surface area contributed by atoms with Crippen molar-refractivity contribution < 1.29 is 14.3 Å². The summed E-state index contributed by atoms with van der Waals surface area (Å²) in [5.41, 5.74) is 4.27. The maximum absolute atomic E-state index is 11.9. The molecule has 0 spiro atoms. The van der Waals surface area contributed by atoms with Crippen LogP contribution in [0.2, 0.25) is 0 Å². The number of ether oxygens (including phenoxy) is 2. The van der Waals surface area contributed by atoms with Crippen LogP contribution < -0.4 is 15.4 Å². The van der Waals surface area contributed by atoms with E-state index in [0.717, 1.165) is 16.8 Å². The van der Waals surface area contributed by atoms with Gasteiger partial charge in [0.05, 0.1) is 30.7 Å². The summed E-state index contributed by atoms with van der Waals surface area (Å²) in [6.45, 7) is 4.33. The van der Waals surface area contributed by atoms with Crippen LogP contribution in [0.1, 0.15) is 31.0 Å². The van der Waals surface area contributed by atoms with Gasteiger partial charge in [0.15, 0.2) is 0 Å². The van der Waals surface area contributed by atoms with Crippen LogP contribution in [0.15, 0.2) is 71.7 Å². The van der Waals surface area contributed by atoms with E-state index in [4.69, 9.17) is 14.5 Å². The van der Waals surface area contributed by atoms with Crippen molar-refractivity contribution in [1.82, 2.24) is 4.98 Å². The fourth-order valence-corrected chi connectivity index (χ4v) is 3.44. The minimum Gasteiger partial charge on any atom is -0.476 e. The molecule has 0 bridgehead atoms. The fraction of sp³-hybridized carbons (Fsp3) is 0.208. The van der Waals surface area contributed by atoms with Crippen molar-refractivity contribution in [3.05, 3.63) is 77.9 Å². The molecule has 0 radical (unpaired) electrons. The maximum atomic E-state index is 11.9. The Morgan fingerprint density at radius 2 is 1.74 bits per heavy atom. The number of rotatable bonds is 6. The van der Waals surface area contributed by atoms with E-state index < -0.39 is 6.09 Å². The fourth-order valence-electron chi connectivity index (χ4n) is 3.44. The average molecular weight is 416 g/mol. The summed E-state index contributed by atoms with van der Waals surface area (Å²) in [5.74, 6) is 0.695. The second-order valence-electron chi connectivity index (χ2n) is 6.84. The van der Waals surface area contributed by atoms with Crippen molar-refractivity contribution >= 4 is 29.0 Å². The Kier molecular flexibility index (Phi) is 6.12. The molecule has 1 aliphatic rings. The highest BCUT2D eigenvalue weighted by Crippen LogP contribution is 2.43. The molecule has 7 nitrogen and oxygen atoms in total. The van der Waals surface area contributed by atoms with Gasteiger partial charge in [0, 0.05) is 6.07 Å². The number of anilines is 2. The van der Waals surface area contributed by atoms with E-state index in [0.29, 0.717) is 29.7 Å². The molecule has 2 aromatic carbocycles. The van der Waals surface area contributed by atoms with Crippen LogP contribution >= 0.6 is 0 Å². The van der Waals surface area contributed by atoms with Crippen molar-refractivity contribution in [2.75, 3.05) is 23.8 Å². The molecule has 0 saturated heterocycles. The predicted octanol–water partition coefficient (Wildman–Crippen LogP) is 5.34. The highest BCUT2D eigenvalue weighted by molar-refractivity contribution is 6.10. The van der Waals surface area contributed by atoms with Gasteiger partial charge in [-0.25, -0.2) is 9.79 Å². The Hall–Kier alpha value is -3.87. The molecule has 31 heavy (non-hydrogen) atoms. The van der Waals surface area contributed by atoms with Crippen LogP contribution in [0.4, 0.5) is 22.0 Å². The third-order valence-corrected chi connectivity index (χ3v) is 4.76. The molecule has 158 valence electrons. The third kappa shape index (κ3) is 4.50. The summed E-state index contributed by atoms with van der Waals surface area (Å²) in [6, 6.07) is 21.7. The van der Waals surface area contributed by atoms with Gasteiger partial charge >= 0.3 is 6.09 Å². The van der Waals surface area contributed by atoms with Crippen molar-refractivity contribution in [2.24, 2.45) is 4.99 Å². The predicted molar refractivity (Wildman–Crippen MR) is 121 cm³/mol. The molecule has 0 saturated carbocycles. The number of nitrogens with zero attached hydrogens (tertiary/aromatic N) is 2. The van der Waals surface area contributed by atoms with E-state index in [1.807, 2.05) is 55.5 Å². The molecule has 4 rings (SSSR count). The summed E-state index contributed by atoms with van der Waals surface area (Å²) in [4.78, 5) is 21.3. The highest BCUT2D eigenvalue weighted by atomic mass is 16.5. The van der Waals surface area contributed by atoms with Crippen LogP contribution in [-0.4, -0.2) is 30.0 Å². The van der Waals surface area contributed by atoms with Gasteiger partial charge in [-0.2, -0.15) is 4.98 Å². The zero-order valence-electron chi connectivity index (χ0n) is 17.5. The molecular weight excluding hydrogens is 392 g/mol. The quantitative estimate of drug-likeness (QED) is 0.567. The number of fused-ring (bicyclic) bond motifs is 1. The second-order valence-corrected chi connectivity index (χ2v) is 6.84. The number of aliphatic imine (C=N–C) groups is 1. The molecule has 2 heterocycles. The van der Waals surface area contributed by atoms with E-state index in [1.165, 1.54) is 0 Å². The van der Waals surface area contributed by atoms with Gasteiger partial charge in [0.25, 0.3) is 0 Å². The van der Waals surface area contributed by atoms with Gasteiger partial charge in [0.1, 0.15) is 11.5 Å². The van der Waals surface area contributed by atoms with Crippen LogP contribution in [0.3, 0.4) is 0 Å². The lowest BCUT2D eigenvalue weighted by molar-refractivity contribution is 0.168. The standard InChI is InChI=1S/C24H24N4O3/c1-3-30-23-22-18(15-19(26-23)27-24(29)31-4-2)25-20(16-11-7-5-8-12-16)21(28-22)17-13-9-6-10-14-17/h5-15,21,28H,3-4H2,1-2H3,(H,26,27,29). The van der Waals surface area contributed by atoms with E-state index in [9.17, 15) is 4.79 Å². The number of carbonyl (C=O) groups is 1. The van der Waals surface area contributed by atoms with Crippen LogP contribution in [0, 0.1) is 0 Å². The number of carbonyl (C=O) groups excluding carboxylic acids is 1. The van der Waals surface area contributed by atoms with Gasteiger partial charge in [0.2, 0.25) is 5.88 Å². The first-order valence-corrected chi connectivity index (χ1v) is 10.3. The van der Waals surface area contributed by atoms with Gasteiger partial charge in [-0.05, 0) is 25.0 Å². The Bertz CT molecular complexity index is 1080. The van der Waals surface area contributed by atoms with Crippen molar-refractivity contribution in [3.63, 3.8) is 0 Å². The molecule has 1 aromatic heterocycles. The van der Waals surface area contributed by atoms with E-state index in [2.05, 4.69) is 27.8 Å². The first-order valence-electron chi connectivity index (χ1n) is 10.3. The van der Waals surface area contributed by atoms with Crippen molar-refractivity contribution in [2.45, 2.75) is 19.9 Å². The summed E-state index contributed by atoms with van der Waals surface area (Å²) >= 11 is 0. The number of hydrogen-bond acceptors (Lipinski definition) is 6. The number of pyridine rings is 1. The minimum absolute atomic E-state index is 0.180. The number of aromatic nitrogens is 1. The smallest absolute Gasteiger partial charge is 0.412 e. The van der Waals surface area contributed by atoms with Crippen molar-refractivity contribution in [3.8, 4) is 5.88 Å². The van der Waals surface area contributed by atoms with Crippen LogP contribution in [-0.2, 0) is 4.74 Å². The van der Waals surface area contributed by atoms with Gasteiger partial charge in [-0.3, -0.25) is 5.32 Å². The molecular formula is C24H24N4O3. The van der Waals surface area contributed by atoms with E-state index >= 15 is 0 Å². The molecule has 2 N–H and O–H groups in total. The van der Waals surface area contributed by atoms with Crippen LogP contribution in [0.25, 0.3) is 0 Å². The molecule has 1 amide bonds. The normalized spacial score (nSPS) is 14.6. The van der Waals surface area contributed by atoms with Gasteiger partial charge in [-0.15, -0.1) is 0 Å². The monoisotopic (exact) mass is 416 g/mol. The molecule has 3 aromatic rings. The lowest BCUT2D eigenvalue weighted by atomic mass is 9.94. The number of amides is 1. The first-order chi connectivity index (χ1) is 15.2. The van der Waals surface area contributed by atoms with Crippen molar-refractivity contribution in [1.29, 1.82) is 0 Å². The number of nitrogens with one attached hydrogen (secondary N) is 2. The topological polar surface area (TPSA) is 84.8 Å². The number of benzene rings is 2. The molecule has 1 unspecified atom stereocenters. The largest absolute Gasteiger partial charge is 0.476 e. The zero-order valence-corrected chi connectivity index (χ0v) is 17.5. The lowest BCUT2D eigenvalue weighted by Gasteiger charge is -2.29. The first kappa shape index (κ1) is 20.4. The Labute approximate surface area is 181 Å². The summed E-state index contributed by atoms with van der Waals surface area (Å²) in [7, 11) is 0. The zero-order chi connectivity index (χ0) is 21.6. The summed E-state index contributed by atoms with van der Waals surface area (Å²) in [5, 5.41) is 6.20. The second kappa shape index (κ2) is 9.30. The van der Waals surface area contributed by atoms with Gasteiger partial charge < -0.3 is 14.8 Å². The molecule has 7 heteroatoms. The summed E-state index contributed by atoms with van der Waals surface area (Å²) < 4.78 is 10.7. The SMILES string of the molecule is CCOC(=O)Nc1cc2c(c(OCC)n1)NC(c1ccccc1)C(c1ccccc1)=N2. The van der Waals surface area contributed by atoms with E-state index in [-0.39, 0.29) is 12.6 Å². The van der Waals surface area contributed by atoms with Crippen LogP contribution in [0.5, 0.6) is 5.88 Å². The Balaban J connectivity index is 1.83. The third-order valence-electron chi connectivity index (χ3n) is 4.76. The maximum Gasteiger partial charge on any atom is 0.412 e. The lowest BCUT2D eigenvalue weighted by Crippen LogP contribution is -2.26. The highest BCUT2D eigenvalue weighted by Gasteiger charge is 2.28. The molecule has 0 aliphatic carbocycles. The summed E-state index contributed by atoms with van der Waals surface area (Å²) in [6.07, 6.45) is -0.574. The average Bonchev–Trinajstić information content (AvgIpc) is 2.80.